The van der Waals surface area contributed by atoms with E-state index in [1.54, 1.807) is 0 Å². The summed E-state index contributed by atoms with van der Waals surface area (Å²) in [6, 6.07) is 4.27. The van der Waals surface area contributed by atoms with Crippen molar-refractivity contribution >= 4 is 15.9 Å². The van der Waals surface area contributed by atoms with Crippen LogP contribution < -0.4 is 5.32 Å². The highest BCUT2D eigenvalue weighted by molar-refractivity contribution is 9.10. The lowest BCUT2D eigenvalue weighted by atomic mass is 10.0. The second kappa shape index (κ2) is 7.55. The van der Waals surface area contributed by atoms with Gasteiger partial charge in [0.2, 0.25) is 0 Å². The Bertz CT molecular complexity index is 538. The molecule has 0 aliphatic rings. The molecular formula is C15H21BrN4. The van der Waals surface area contributed by atoms with Gasteiger partial charge in [0.05, 0.1) is 17.9 Å². The SMILES string of the molecule is CCCNC(CCc1cnn(C)c1)c1ncccc1Br. The first-order valence-electron chi connectivity index (χ1n) is 7.02. The number of aromatic nitrogens is 3. The highest BCUT2D eigenvalue weighted by Gasteiger charge is 2.15. The Labute approximate surface area is 128 Å². The standard InChI is InChI=1S/C15H21BrN4/c1-3-8-17-14(15-13(16)5-4-9-18-15)7-6-12-10-19-20(2)11-12/h4-5,9-11,14,17H,3,6-8H2,1-2H3. The zero-order valence-electron chi connectivity index (χ0n) is 12.0. The van der Waals surface area contributed by atoms with Crippen LogP contribution in [0.15, 0.2) is 35.2 Å². The number of rotatable bonds is 7. The fourth-order valence-electron chi connectivity index (χ4n) is 2.22. The van der Waals surface area contributed by atoms with Gasteiger partial charge < -0.3 is 5.32 Å². The van der Waals surface area contributed by atoms with E-state index in [0.29, 0.717) is 0 Å². The number of nitrogens with zero attached hydrogens (tertiary/aromatic N) is 3. The maximum absolute atomic E-state index is 4.52. The third-order valence-corrected chi connectivity index (χ3v) is 3.91. The van der Waals surface area contributed by atoms with E-state index in [1.807, 2.05) is 36.3 Å². The van der Waals surface area contributed by atoms with Crippen molar-refractivity contribution in [2.75, 3.05) is 6.54 Å². The van der Waals surface area contributed by atoms with Crippen LogP contribution in [0.25, 0.3) is 0 Å². The monoisotopic (exact) mass is 336 g/mol. The number of nitrogens with one attached hydrogen (secondary N) is 1. The molecule has 1 N–H and O–H groups in total. The molecule has 1 atom stereocenters. The fourth-order valence-corrected chi connectivity index (χ4v) is 2.75. The second-order valence-corrected chi connectivity index (χ2v) is 5.79. The summed E-state index contributed by atoms with van der Waals surface area (Å²) in [7, 11) is 1.95. The molecule has 2 aromatic rings. The maximum Gasteiger partial charge on any atom is 0.0714 e. The summed E-state index contributed by atoms with van der Waals surface area (Å²) >= 11 is 3.60. The zero-order valence-corrected chi connectivity index (χ0v) is 13.6. The van der Waals surface area contributed by atoms with Crippen LogP contribution in [0.4, 0.5) is 0 Å². The van der Waals surface area contributed by atoms with E-state index in [-0.39, 0.29) is 6.04 Å². The van der Waals surface area contributed by atoms with Crippen molar-refractivity contribution in [1.29, 1.82) is 0 Å². The molecule has 0 aromatic carbocycles. The van der Waals surface area contributed by atoms with Crippen LogP contribution in [0.3, 0.4) is 0 Å². The van der Waals surface area contributed by atoms with Gasteiger partial charge in [-0.2, -0.15) is 5.10 Å². The summed E-state index contributed by atoms with van der Waals surface area (Å²) in [5.41, 5.74) is 2.35. The first-order chi connectivity index (χ1) is 9.70. The van der Waals surface area contributed by atoms with Crippen LogP contribution >= 0.6 is 15.9 Å². The van der Waals surface area contributed by atoms with Gasteiger partial charge in [0.15, 0.2) is 0 Å². The third-order valence-electron chi connectivity index (χ3n) is 3.24. The molecule has 0 radical (unpaired) electrons. The summed E-state index contributed by atoms with van der Waals surface area (Å²) in [5, 5.41) is 7.80. The molecule has 20 heavy (non-hydrogen) atoms. The molecule has 0 aliphatic heterocycles. The zero-order chi connectivity index (χ0) is 14.4. The minimum Gasteiger partial charge on any atom is -0.309 e. The topological polar surface area (TPSA) is 42.7 Å². The minimum absolute atomic E-state index is 0.269. The van der Waals surface area contributed by atoms with Crippen LogP contribution in [0.1, 0.15) is 37.1 Å². The number of aryl methyl sites for hydroxylation is 2. The van der Waals surface area contributed by atoms with Crippen LogP contribution in [0.2, 0.25) is 0 Å². The summed E-state index contributed by atoms with van der Waals surface area (Å²) in [6.07, 6.45) is 8.99. The maximum atomic E-state index is 4.52. The molecule has 2 heterocycles. The predicted octanol–water partition coefficient (Wildman–Crippen LogP) is 3.25. The molecule has 0 spiro atoms. The number of halogens is 1. The Morgan fingerprint density at radius 1 is 1.45 bits per heavy atom. The van der Waals surface area contributed by atoms with E-state index >= 15 is 0 Å². The molecule has 0 saturated heterocycles. The molecule has 1 unspecified atom stereocenters. The van der Waals surface area contributed by atoms with E-state index < -0.39 is 0 Å². The van der Waals surface area contributed by atoms with Crippen molar-refractivity contribution < 1.29 is 0 Å². The van der Waals surface area contributed by atoms with Gasteiger partial charge in [-0.25, -0.2) is 0 Å². The number of pyridine rings is 1. The van der Waals surface area contributed by atoms with Crippen LogP contribution in [0.5, 0.6) is 0 Å². The van der Waals surface area contributed by atoms with Crippen LogP contribution in [0, 0.1) is 0 Å². The molecule has 108 valence electrons. The van der Waals surface area contributed by atoms with Crippen LogP contribution in [-0.2, 0) is 13.5 Å². The molecule has 0 bridgehead atoms. The van der Waals surface area contributed by atoms with Crippen molar-refractivity contribution in [3.63, 3.8) is 0 Å². The molecule has 0 fully saturated rings. The number of hydrogen-bond donors (Lipinski definition) is 1. The van der Waals surface area contributed by atoms with Crippen molar-refractivity contribution in [2.24, 2.45) is 7.05 Å². The average Bonchev–Trinajstić information content (AvgIpc) is 2.86. The molecule has 2 rings (SSSR count). The lowest BCUT2D eigenvalue weighted by Crippen LogP contribution is -2.24. The Kier molecular flexibility index (Phi) is 5.73. The van der Waals surface area contributed by atoms with Gasteiger partial charge in [0.25, 0.3) is 0 Å². The van der Waals surface area contributed by atoms with Gasteiger partial charge in [0, 0.05) is 23.9 Å². The van der Waals surface area contributed by atoms with E-state index in [9.17, 15) is 0 Å². The molecule has 5 heteroatoms. The predicted molar refractivity (Wildman–Crippen MR) is 84.5 cm³/mol. The van der Waals surface area contributed by atoms with E-state index in [1.165, 1.54) is 5.56 Å². The largest absolute Gasteiger partial charge is 0.309 e. The molecule has 0 saturated carbocycles. The molecule has 0 aliphatic carbocycles. The van der Waals surface area contributed by atoms with Gasteiger partial charge >= 0.3 is 0 Å². The third kappa shape index (κ3) is 4.15. The smallest absolute Gasteiger partial charge is 0.0714 e. The molecule has 4 nitrogen and oxygen atoms in total. The van der Waals surface area contributed by atoms with Gasteiger partial charge in [0.1, 0.15) is 0 Å². The molecule has 2 aromatic heterocycles. The first kappa shape index (κ1) is 15.2. The summed E-state index contributed by atoms with van der Waals surface area (Å²) < 4.78 is 2.92. The van der Waals surface area contributed by atoms with E-state index in [0.717, 1.165) is 36.0 Å². The molecular weight excluding hydrogens is 316 g/mol. The Morgan fingerprint density at radius 3 is 2.95 bits per heavy atom. The lowest BCUT2D eigenvalue weighted by Gasteiger charge is -2.18. The second-order valence-electron chi connectivity index (χ2n) is 4.94. The van der Waals surface area contributed by atoms with Gasteiger partial charge in [-0.05, 0) is 59.4 Å². The Morgan fingerprint density at radius 2 is 2.30 bits per heavy atom. The normalized spacial score (nSPS) is 12.6. The summed E-state index contributed by atoms with van der Waals surface area (Å²) in [5.74, 6) is 0. The summed E-state index contributed by atoms with van der Waals surface area (Å²) in [4.78, 5) is 4.52. The van der Waals surface area contributed by atoms with Crippen molar-refractivity contribution in [1.82, 2.24) is 20.1 Å². The van der Waals surface area contributed by atoms with Gasteiger partial charge in [-0.1, -0.05) is 6.92 Å². The highest BCUT2D eigenvalue weighted by Crippen LogP contribution is 2.24. The van der Waals surface area contributed by atoms with Crippen molar-refractivity contribution in [3.05, 3.63) is 46.5 Å². The Balaban J connectivity index is 2.05. The average molecular weight is 337 g/mol. The van der Waals surface area contributed by atoms with Crippen LogP contribution in [-0.4, -0.2) is 21.3 Å². The summed E-state index contributed by atoms with van der Waals surface area (Å²) in [6.45, 7) is 3.18. The van der Waals surface area contributed by atoms with Crippen molar-refractivity contribution in [3.8, 4) is 0 Å². The number of hydrogen-bond acceptors (Lipinski definition) is 3. The Hall–Kier alpha value is -1.20. The minimum atomic E-state index is 0.269. The van der Waals surface area contributed by atoms with Gasteiger partial charge in [-0.15, -0.1) is 0 Å². The van der Waals surface area contributed by atoms with E-state index in [2.05, 4.69) is 44.4 Å². The van der Waals surface area contributed by atoms with E-state index in [4.69, 9.17) is 0 Å². The lowest BCUT2D eigenvalue weighted by molar-refractivity contribution is 0.487. The quantitative estimate of drug-likeness (QED) is 0.843. The molecule has 0 amide bonds. The first-order valence-corrected chi connectivity index (χ1v) is 7.81. The van der Waals surface area contributed by atoms with Gasteiger partial charge in [-0.3, -0.25) is 9.67 Å². The highest BCUT2D eigenvalue weighted by atomic mass is 79.9. The fraction of sp³-hybridized carbons (Fsp3) is 0.467. The van der Waals surface area contributed by atoms with Crippen molar-refractivity contribution in [2.45, 2.75) is 32.2 Å².